The second kappa shape index (κ2) is 26.0. The summed E-state index contributed by atoms with van der Waals surface area (Å²) >= 11 is 5.81. The second-order valence-electron chi connectivity index (χ2n) is 13.3. The first-order chi connectivity index (χ1) is 25.3. The molecule has 55 heavy (non-hydrogen) atoms. The average molecular weight is 775 g/mol. The first-order valence-electron chi connectivity index (χ1n) is 17.6. The number of ether oxygens (including phenoxy) is 1. The van der Waals surface area contributed by atoms with Crippen LogP contribution in [0.4, 0.5) is 17.6 Å². The van der Waals surface area contributed by atoms with E-state index in [-0.39, 0.29) is 24.6 Å². The van der Waals surface area contributed by atoms with Crippen LogP contribution >= 0.6 is 11.6 Å². The molecule has 1 nitrogen and oxygen atoms in total. The van der Waals surface area contributed by atoms with E-state index in [0.29, 0.717) is 11.1 Å². The molecule has 0 spiro atoms. The number of halogens is 5. The summed E-state index contributed by atoms with van der Waals surface area (Å²) in [4.78, 5) is 0. The average Bonchev–Trinajstić information content (AvgIpc) is 3.11. The van der Waals surface area contributed by atoms with E-state index >= 15 is 0 Å². The molecule has 6 aromatic rings. The molecule has 0 heterocycles. The summed E-state index contributed by atoms with van der Waals surface area (Å²) in [5.41, 5.74) is 10.8. The number of hydrogen-bond donors (Lipinski definition) is 0. The Morgan fingerprint density at radius 1 is 0.400 bits per heavy atom. The molecule has 0 aromatic heterocycles. The van der Waals surface area contributed by atoms with Gasteiger partial charge in [-0.05, 0) is 163 Å². The van der Waals surface area contributed by atoms with E-state index in [9.17, 15) is 17.6 Å². The number of rotatable bonds is 1. The highest BCUT2D eigenvalue weighted by molar-refractivity contribution is 6.31. The maximum atomic E-state index is 12.6. The van der Waals surface area contributed by atoms with Gasteiger partial charge < -0.3 is 4.74 Å². The molecule has 0 amide bonds. The normalized spacial score (nSPS) is 9.40. The molecule has 0 aliphatic heterocycles. The molecule has 0 radical (unpaired) electrons. The molecule has 6 aromatic carbocycles. The molecular formula is C49H59ClF4O. The van der Waals surface area contributed by atoms with Crippen molar-refractivity contribution < 1.29 is 22.3 Å². The van der Waals surface area contributed by atoms with Crippen molar-refractivity contribution in [2.24, 2.45) is 0 Å². The van der Waals surface area contributed by atoms with Gasteiger partial charge in [0.15, 0.2) is 0 Å². The number of benzene rings is 6. The first-order valence-corrected chi connectivity index (χ1v) is 17.9. The van der Waals surface area contributed by atoms with Gasteiger partial charge in [0.05, 0.1) is 7.11 Å². The Morgan fingerprint density at radius 2 is 0.800 bits per heavy atom. The maximum absolute atomic E-state index is 12.6. The van der Waals surface area contributed by atoms with Crippen molar-refractivity contribution in [2.75, 3.05) is 7.11 Å². The summed E-state index contributed by atoms with van der Waals surface area (Å²) in [5.74, 6) is -0.255. The zero-order chi connectivity index (χ0) is 41.0. The molecular weight excluding hydrogens is 716 g/mol. The smallest absolute Gasteiger partial charge is 0.129 e. The van der Waals surface area contributed by atoms with E-state index in [2.05, 4.69) is 63.2 Å². The molecule has 6 heteroatoms. The Hall–Kier alpha value is -4.87. The van der Waals surface area contributed by atoms with Crippen LogP contribution in [0.15, 0.2) is 115 Å². The fraction of sp³-hybridized carbons (Fsp3) is 0.265. The van der Waals surface area contributed by atoms with Crippen molar-refractivity contribution in [3.8, 4) is 5.75 Å². The van der Waals surface area contributed by atoms with Crippen molar-refractivity contribution in [2.45, 2.75) is 83.6 Å². The molecule has 0 unspecified atom stereocenters. The second-order valence-corrected chi connectivity index (χ2v) is 13.7. The number of aryl methyl sites for hydroxylation is 10. The highest BCUT2D eigenvalue weighted by atomic mass is 35.5. The van der Waals surface area contributed by atoms with Crippen molar-refractivity contribution in [3.63, 3.8) is 0 Å². The third kappa shape index (κ3) is 21.0. The number of methoxy groups -OCH3 is 1. The van der Waals surface area contributed by atoms with Crippen molar-refractivity contribution in [1.29, 1.82) is 0 Å². The summed E-state index contributed by atoms with van der Waals surface area (Å²) in [6.45, 7) is 20.9. The highest BCUT2D eigenvalue weighted by Gasteiger charge is 2.03. The maximum Gasteiger partial charge on any atom is 0.129 e. The zero-order valence-electron chi connectivity index (χ0n) is 33.8. The van der Waals surface area contributed by atoms with Gasteiger partial charge in [-0.15, -0.1) is 0 Å². The van der Waals surface area contributed by atoms with Crippen LogP contribution in [0.1, 0.15) is 68.6 Å². The van der Waals surface area contributed by atoms with Gasteiger partial charge in [0.2, 0.25) is 0 Å². The third-order valence-electron chi connectivity index (χ3n) is 7.84. The van der Waals surface area contributed by atoms with E-state index < -0.39 is 11.6 Å². The molecule has 0 atom stereocenters. The Morgan fingerprint density at radius 3 is 1.16 bits per heavy atom. The topological polar surface area (TPSA) is 9.23 Å². The van der Waals surface area contributed by atoms with Gasteiger partial charge in [0.25, 0.3) is 0 Å². The van der Waals surface area contributed by atoms with Gasteiger partial charge >= 0.3 is 0 Å². The van der Waals surface area contributed by atoms with Gasteiger partial charge in [-0.3, -0.25) is 0 Å². The van der Waals surface area contributed by atoms with Crippen LogP contribution in [0, 0.1) is 99.4 Å². The van der Waals surface area contributed by atoms with Gasteiger partial charge in [-0.1, -0.05) is 103 Å². The van der Waals surface area contributed by atoms with E-state index in [1.165, 1.54) is 65.1 Å². The van der Waals surface area contributed by atoms with Crippen molar-refractivity contribution >= 4 is 11.6 Å². The SMILES string of the molecule is C.COc1cc(C)ccc1C.Cc1cc(F)c(C)c(F)c1.Cc1ccc(C)c(Cl)c1.Cc1ccc(C)c(F)c1.Cc1ccc(C)cc1.Cc1cccc(F)c1. The van der Waals surface area contributed by atoms with Crippen molar-refractivity contribution in [1.82, 2.24) is 0 Å². The van der Waals surface area contributed by atoms with Crippen LogP contribution < -0.4 is 4.74 Å². The summed E-state index contributed by atoms with van der Waals surface area (Å²) in [6.07, 6.45) is 0. The van der Waals surface area contributed by atoms with Crippen molar-refractivity contribution in [3.05, 3.63) is 205 Å². The lowest BCUT2D eigenvalue weighted by Crippen LogP contribution is -1.88. The molecule has 0 saturated carbocycles. The van der Waals surface area contributed by atoms with E-state index in [4.69, 9.17) is 16.3 Å². The first kappa shape index (κ1) is 50.1. The van der Waals surface area contributed by atoms with Gasteiger partial charge in [-0.2, -0.15) is 0 Å². The standard InChI is InChI=1S/C9H12O.C8H9Cl.C8H8F2.C8H9F.C8H10.C7H7F.CH4/c1-7-4-5-8(2)9(6-7)10-3;1-6-3-4-7(2)8(9)5-6;1-5-3-7(9)6(2)8(10)4-5;1-6-3-4-7(2)8(9)5-6;1-7-3-5-8(2)6-4-7;1-6-3-2-4-7(8)5-6;/h4-6H,1-3H3;3-5H,1-2H3;3-4H,1-2H3;3-5H,1-2H3;3-6H,1-2H3;2-5H,1H3;1H4. The molecule has 0 aliphatic carbocycles. The van der Waals surface area contributed by atoms with Crippen LogP contribution in [0.25, 0.3) is 0 Å². The Balaban J connectivity index is 0.000000635. The van der Waals surface area contributed by atoms with Gasteiger partial charge in [0, 0.05) is 10.6 Å². The van der Waals surface area contributed by atoms with E-state index in [1.807, 2.05) is 65.0 Å². The van der Waals surface area contributed by atoms with Crippen LogP contribution in [0.2, 0.25) is 5.02 Å². The van der Waals surface area contributed by atoms with Crippen LogP contribution in [0.3, 0.4) is 0 Å². The quantitative estimate of drug-likeness (QED) is 0.151. The summed E-state index contributed by atoms with van der Waals surface area (Å²) in [7, 11) is 1.70. The third-order valence-corrected chi connectivity index (χ3v) is 8.25. The largest absolute Gasteiger partial charge is 0.496 e. The lowest BCUT2D eigenvalue weighted by Gasteiger charge is -2.03. The summed E-state index contributed by atoms with van der Waals surface area (Å²) in [6, 6.07) is 35.1. The molecule has 296 valence electrons. The minimum atomic E-state index is -0.475. The predicted molar refractivity (Wildman–Crippen MR) is 229 cm³/mol. The Bertz CT molecular complexity index is 1910. The Kier molecular flexibility index (Phi) is 23.7. The van der Waals surface area contributed by atoms with E-state index in [1.54, 1.807) is 33.1 Å². The van der Waals surface area contributed by atoms with E-state index in [0.717, 1.165) is 27.5 Å². The highest BCUT2D eigenvalue weighted by Crippen LogP contribution is 2.18. The van der Waals surface area contributed by atoms with Crippen LogP contribution in [-0.4, -0.2) is 7.11 Å². The van der Waals surface area contributed by atoms with Crippen LogP contribution in [0.5, 0.6) is 5.75 Å². The minimum Gasteiger partial charge on any atom is -0.496 e. The predicted octanol–water partition coefficient (Wildman–Crippen LogP) is 15.4. The lowest BCUT2D eigenvalue weighted by atomic mass is 10.1. The monoisotopic (exact) mass is 774 g/mol. The minimum absolute atomic E-state index is 0. The van der Waals surface area contributed by atoms with Crippen LogP contribution in [-0.2, 0) is 0 Å². The van der Waals surface area contributed by atoms with Gasteiger partial charge in [0.1, 0.15) is 29.0 Å². The summed E-state index contributed by atoms with van der Waals surface area (Å²) in [5, 5.41) is 0.856. The molecule has 0 saturated heterocycles. The Labute approximate surface area is 334 Å². The molecule has 0 bridgehead atoms. The molecule has 6 rings (SSSR count). The zero-order valence-corrected chi connectivity index (χ0v) is 34.5. The fourth-order valence-corrected chi connectivity index (χ4v) is 4.57. The fourth-order valence-electron chi connectivity index (χ4n) is 4.34. The summed E-state index contributed by atoms with van der Waals surface area (Å²) < 4.78 is 55.1. The van der Waals surface area contributed by atoms with Gasteiger partial charge in [-0.25, -0.2) is 17.6 Å². The molecule has 0 aliphatic rings. The number of hydrogen-bond acceptors (Lipinski definition) is 1. The molecule has 0 fully saturated rings. The molecule has 0 N–H and O–H groups in total. The lowest BCUT2D eigenvalue weighted by molar-refractivity contribution is 0.411.